The van der Waals surface area contributed by atoms with Gasteiger partial charge in [-0.1, -0.05) is 18.2 Å². The van der Waals surface area contributed by atoms with Gasteiger partial charge in [0, 0.05) is 43.8 Å². The van der Waals surface area contributed by atoms with Gasteiger partial charge in [-0.15, -0.1) is 0 Å². The highest BCUT2D eigenvalue weighted by molar-refractivity contribution is 5.39. The molecule has 1 heterocycles. The molecule has 1 saturated heterocycles. The number of benzene rings is 1. The van der Waals surface area contributed by atoms with Crippen LogP contribution < -0.4 is 0 Å². The SMILES string of the molecule is O=[N+](O)c1ccccc1CN1C[C@H](CO)[C@@H](O)[C@H](O)C1. The van der Waals surface area contributed by atoms with E-state index in [2.05, 4.69) is 0 Å². The van der Waals surface area contributed by atoms with Crippen LogP contribution in [0.5, 0.6) is 0 Å². The maximum atomic E-state index is 11.1. The van der Waals surface area contributed by atoms with E-state index in [-0.39, 0.29) is 23.8 Å². The Hall–Kier alpha value is -1.54. The third-order valence-corrected chi connectivity index (χ3v) is 3.64. The highest BCUT2D eigenvalue weighted by atomic mass is 16.6. The Morgan fingerprint density at radius 1 is 1.25 bits per heavy atom. The molecule has 2 rings (SSSR count). The maximum Gasteiger partial charge on any atom is 0.321 e. The number of rotatable bonds is 4. The first kappa shape index (κ1) is 14.9. The van der Waals surface area contributed by atoms with Crippen molar-refractivity contribution in [2.75, 3.05) is 19.7 Å². The van der Waals surface area contributed by atoms with Gasteiger partial charge in [0.15, 0.2) is 0 Å². The normalized spacial score (nSPS) is 27.4. The van der Waals surface area contributed by atoms with Crippen molar-refractivity contribution in [3.8, 4) is 0 Å². The molecule has 110 valence electrons. The van der Waals surface area contributed by atoms with Crippen LogP contribution in [0.2, 0.25) is 0 Å². The first-order chi connectivity index (χ1) is 9.52. The second kappa shape index (κ2) is 6.27. The van der Waals surface area contributed by atoms with Crippen LogP contribution in [0.3, 0.4) is 0 Å². The van der Waals surface area contributed by atoms with Gasteiger partial charge in [-0.05, 0) is 0 Å². The number of hydrogen-bond acceptors (Lipinski definition) is 5. The van der Waals surface area contributed by atoms with Gasteiger partial charge in [0.1, 0.15) is 0 Å². The molecule has 20 heavy (non-hydrogen) atoms. The minimum atomic E-state index is -0.944. The van der Waals surface area contributed by atoms with Crippen molar-refractivity contribution < 1.29 is 25.5 Å². The van der Waals surface area contributed by atoms with Crippen molar-refractivity contribution in [2.45, 2.75) is 18.8 Å². The summed E-state index contributed by atoms with van der Waals surface area (Å²) in [6.07, 6.45) is -1.88. The minimum absolute atomic E-state index is 0.147. The third-order valence-electron chi connectivity index (χ3n) is 3.64. The molecule has 0 spiro atoms. The van der Waals surface area contributed by atoms with Crippen LogP contribution in [0.15, 0.2) is 24.3 Å². The highest BCUT2D eigenvalue weighted by Gasteiger charge is 2.34. The van der Waals surface area contributed by atoms with Gasteiger partial charge < -0.3 is 15.3 Å². The zero-order valence-corrected chi connectivity index (χ0v) is 11.0. The molecular weight excluding hydrogens is 264 g/mol. The van der Waals surface area contributed by atoms with Crippen molar-refractivity contribution in [3.63, 3.8) is 0 Å². The molecule has 3 atom stereocenters. The molecule has 7 heteroatoms. The lowest BCUT2D eigenvalue weighted by Gasteiger charge is -2.38. The van der Waals surface area contributed by atoms with E-state index in [0.29, 0.717) is 18.7 Å². The van der Waals surface area contributed by atoms with Crippen molar-refractivity contribution in [3.05, 3.63) is 34.7 Å². The average Bonchev–Trinajstić information content (AvgIpc) is 2.43. The van der Waals surface area contributed by atoms with E-state index < -0.39 is 18.1 Å². The van der Waals surface area contributed by atoms with Crippen LogP contribution in [-0.2, 0) is 6.54 Å². The molecule has 0 bridgehead atoms. The Balaban J connectivity index is 2.12. The van der Waals surface area contributed by atoms with E-state index in [4.69, 9.17) is 5.21 Å². The summed E-state index contributed by atoms with van der Waals surface area (Å²) in [5.41, 5.74) is 0.763. The number of aliphatic hydroxyl groups excluding tert-OH is 3. The topological polar surface area (TPSA) is 104 Å². The van der Waals surface area contributed by atoms with Gasteiger partial charge in [0.25, 0.3) is 4.92 Å². The van der Waals surface area contributed by atoms with E-state index in [9.17, 15) is 20.2 Å². The van der Waals surface area contributed by atoms with Crippen LogP contribution in [0.1, 0.15) is 5.56 Å². The van der Waals surface area contributed by atoms with E-state index >= 15 is 0 Å². The summed E-state index contributed by atoms with van der Waals surface area (Å²) < 4.78 is 0. The molecule has 0 radical (unpaired) electrons. The smallest absolute Gasteiger partial charge is 0.321 e. The summed E-state index contributed by atoms with van der Waals surface area (Å²) in [7, 11) is 0. The summed E-state index contributed by atoms with van der Waals surface area (Å²) in [5.74, 6) is -0.427. The van der Waals surface area contributed by atoms with Crippen molar-refractivity contribution >= 4 is 5.69 Å². The Kier molecular flexibility index (Phi) is 4.66. The molecule has 4 N–H and O–H groups in total. The molecular formula is C13H19N2O5+. The van der Waals surface area contributed by atoms with E-state index in [1.54, 1.807) is 18.2 Å². The standard InChI is InChI=1S/C13H19N2O5/c16-8-10-6-14(7-12(17)13(10)18)5-9-3-1-2-4-11(9)15(19)20/h1-4,10,12-13,16-18H,5-8H2,(H,19,20)/q+1/t10-,12-,13-/m1/s1. The Bertz CT molecular complexity index is 482. The molecule has 0 unspecified atom stereocenters. The lowest BCUT2D eigenvalue weighted by molar-refractivity contribution is -0.730. The molecule has 1 aliphatic rings. The zero-order valence-electron chi connectivity index (χ0n) is 11.0. The predicted molar refractivity (Wildman–Crippen MR) is 69.4 cm³/mol. The Morgan fingerprint density at radius 3 is 2.60 bits per heavy atom. The second-order valence-electron chi connectivity index (χ2n) is 5.10. The number of nitrogens with zero attached hydrogens (tertiary/aromatic N) is 2. The van der Waals surface area contributed by atoms with Crippen LogP contribution in [-0.4, -0.2) is 62.3 Å². The second-order valence-corrected chi connectivity index (χ2v) is 5.10. The fraction of sp³-hybridized carbons (Fsp3) is 0.538. The quantitative estimate of drug-likeness (QED) is 0.562. The van der Waals surface area contributed by atoms with E-state index in [0.717, 1.165) is 0 Å². The van der Waals surface area contributed by atoms with Gasteiger partial charge in [0.2, 0.25) is 0 Å². The van der Waals surface area contributed by atoms with Crippen molar-refractivity contribution in [1.82, 2.24) is 4.90 Å². The van der Waals surface area contributed by atoms with Crippen LogP contribution in [0.4, 0.5) is 5.69 Å². The van der Waals surface area contributed by atoms with Gasteiger partial charge in [-0.25, -0.2) is 5.21 Å². The third kappa shape index (κ3) is 3.13. The molecule has 1 aromatic rings. The summed E-state index contributed by atoms with van der Waals surface area (Å²) in [5, 5.41) is 37.8. The zero-order chi connectivity index (χ0) is 14.7. The highest BCUT2D eigenvalue weighted by Crippen LogP contribution is 2.23. The first-order valence-corrected chi connectivity index (χ1v) is 6.46. The van der Waals surface area contributed by atoms with Crippen molar-refractivity contribution in [2.24, 2.45) is 5.92 Å². The Labute approximate surface area is 116 Å². The maximum absolute atomic E-state index is 11.1. The number of β-amino-alcohol motifs (C(OH)–C–C–N with tert-alkyl or cyclic N) is 1. The number of hydrogen-bond donors (Lipinski definition) is 4. The molecule has 1 aliphatic heterocycles. The molecule has 0 aromatic heterocycles. The lowest BCUT2D eigenvalue weighted by atomic mass is 9.93. The number of likely N-dealkylation sites (tertiary alicyclic amines) is 1. The summed E-state index contributed by atoms with van der Waals surface area (Å²) in [6, 6.07) is 6.61. The molecule has 7 nitrogen and oxygen atoms in total. The fourth-order valence-electron chi connectivity index (χ4n) is 2.57. The molecule has 1 fully saturated rings. The molecule has 0 aliphatic carbocycles. The van der Waals surface area contributed by atoms with Crippen molar-refractivity contribution in [1.29, 1.82) is 0 Å². The Morgan fingerprint density at radius 2 is 1.95 bits per heavy atom. The number of para-hydroxylation sites is 1. The van der Waals surface area contributed by atoms with Crippen LogP contribution in [0.25, 0.3) is 0 Å². The van der Waals surface area contributed by atoms with Gasteiger partial charge in [0.05, 0.1) is 17.1 Å². The minimum Gasteiger partial charge on any atom is -0.396 e. The number of piperidine rings is 1. The van der Waals surface area contributed by atoms with Crippen LogP contribution >= 0.6 is 0 Å². The molecule has 0 amide bonds. The molecule has 0 saturated carbocycles. The largest absolute Gasteiger partial charge is 0.396 e. The van der Waals surface area contributed by atoms with E-state index in [1.165, 1.54) is 6.07 Å². The summed E-state index contributed by atoms with van der Waals surface area (Å²) in [4.78, 5) is 12.7. The molecule has 1 aromatic carbocycles. The van der Waals surface area contributed by atoms with Gasteiger partial charge in [-0.2, -0.15) is 0 Å². The van der Waals surface area contributed by atoms with Crippen LogP contribution in [0, 0.1) is 10.8 Å². The van der Waals surface area contributed by atoms with E-state index in [1.807, 2.05) is 4.90 Å². The number of aliphatic hydroxyl groups is 3. The summed E-state index contributed by atoms with van der Waals surface area (Å²) >= 11 is 0. The lowest BCUT2D eigenvalue weighted by Crippen LogP contribution is -2.53. The van der Waals surface area contributed by atoms with Gasteiger partial charge in [-0.3, -0.25) is 4.90 Å². The van der Waals surface area contributed by atoms with Gasteiger partial charge >= 0.3 is 5.69 Å². The summed E-state index contributed by atoms with van der Waals surface area (Å²) in [6.45, 7) is 0.781. The monoisotopic (exact) mass is 283 g/mol. The predicted octanol–water partition coefficient (Wildman–Crippen LogP) is -0.368. The first-order valence-electron chi connectivity index (χ1n) is 6.46. The fourth-order valence-corrected chi connectivity index (χ4v) is 2.57. The average molecular weight is 283 g/mol.